The Balaban J connectivity index is 1.54. The lowest BCUT2D eigenvalue weighted by Gasteiger charge is -2.14. The third-order valence-corrected chi connectivity index (χ3v) is 4.66. The van der Waals surface area contributed by atoms with E-state index in [4.69, 9.17) is 0 Å². The molecule has 2 atom stereocenters. The molecule has 0 aromatic heterocycles. The Morgan fingerprint density at radius 1 is 1.04 bits per heavy atom. The first kappa shape index (κ1) is 18.2. The molecule has 1 aliphatic heterocycles. The molecule has 138 valence electrons. The Labute approximate surface area is 147 Å². The number of halogens is 3. The van der Waals surface area contributed by atoms with Crippen LogP contribution in [0.25, 0.3) is 0 Å². The Kier molecular flexibility index (Phi) is 4.84. The molecule has 1 aromatic rings. The molecule has 3 rings (SSSR count). The van der Waals surface area contributed by atoms with E-state index in [2.05, 4.69) is 5.32 Å². The number of carbonyl (C=O) groups excluding carboxylic acids is 3. The molecule has 26 heavy (non-hydrogen) atoms. The molecule has 1 N–H and O–H groups in total. The van der Waals surface area contributed by atoms with E-state index >= 15 is 0 Å². The van der Waals surface area contributed by atoms with Gasteiger partial charge in [-0.05, 0) is 37.1 Å². The van der Waals surface area contributed by atoms with E-state index in [0.717, 1.165) is 29.2 Å². The van der Waals surface area contributed by atoms with Gasteiger partial charge in [0.25, 0.3) is 0 Å². The fourth-order valence-corrected chi connectivity index (χ4v) is 3.27. The highest BCUT2D eigenvalue weighted by Crippen LogP contribution is 2.35. The Morgan fingerprint density at radius 2 is 1.58 bits per heavy atom. The lowest BCUT2D eigenvalue weighted by atomic mass is 9.85. The molecule has 5 nitrogen and oxygen atoms in total. The molecule has 2 unspecified atom stereocenters. The largest absolute Gasteiger partial charge is 0.416 e. The number of nitrogens with one attached hydrogen (secondary N) is 1. The molecule has 0 radical (unpaired) electrons. The number of benzene rings is 1. The van der Waals surface area contributed by atoms with Gasteiger partial charge in [0.1, 0.15) is 0 Å². The van der Waals surface area contributed by atoms with Crippen molar-refractivity contribution < 1.29 is 27.6 Å². The lowest BCUT2D eigenvalue weighted by molar-refractivity contribution is -0.140. The summed E-state index contributed by atoms with van der Waals surface area (Å²) in [5, 5.41) is 2.47. The maximum Gasteiger partial charge on any atom is 0.416 e. The number of hydrogen-bond donors (Lipinski definition) is 1. The average molecular weight is 366 g/mol. The van der Waals surface area contributed by atoms with Crippen molar-refractivity contribution in [2.24, 2.45) is 11.8 Å². The molecule has 1 heterocycles. The Bertz CT molecular complexity index is 730. The zero-order valence-electron chi connectivity index (χ0n) is 13.8. The lowest BCUT2D eigenvalue weighted by Crippen LogP contribution is -2.34. The van der Waals surface area contributed by atoms with Crippen LogP contribution in [0.5, 0.6) is 0 Å². The van der Waals surface area contributed by atoms with Crippen molar-refractivity contribution in [3.63, 3.8) is 0 Å². The van der Waals surface area contributed by atoms with Crippen molar-refractivity contribution in [3.05, 3.63) is 42.0 Å². The molecular weight excluding hydrogens is 349 g/mol. The van der Waals surface area contributed by atoms with E-state index in [1.165, 1.54) is 0 Å². The van der Waals surface area contributed by atoms with Gasteiger partial charge in [-0.25, -0.2) is 0 Å². The highest BCUT2D eigenvalue weighted by Gasteiger charge is 2.46. The van der Waals surface area contributed by atoms with Gasteiger partial charge in [0.15, 0.2) is 0 Å². The number of rotatable bonds is 4. The number of anilines is 1. The summed E-state index contributed by atoms with van der Waals surface area (Å²) < 4.78 is 37.5. The number of fused-ring (bicyclic) bond motifs is 1. The first-order valence-corrected chi connectivity index (χ1v) is 8.24. The average Bonchev–Trinajstić information content (AvgIpc) is 2.84. The summed E-state index contributed by atoms with van der Waals surface area (Å²) in [6.45, 7) is -0.0306. The molecule has 1 saturated heterocycles. The third-order valence-electron chi connectivity index (χ3n) is 4.66. The molecule has 1 aliphatic carbocycles. The van der Waals surface area contributed by atoms with Gasteiger partial charge in [-0.15, -0.1) is 0 Å². The van der Waals surface area contributed by atoms with Gasteiger partial charge in [-0.3, -0.25) is 19.3 Å². The number of imide groups is 1. The fraction of sp³-hybridized carbons (Fsp3) is 0.389. The van der Waals surface area contributed by atoms with Crippen LogP contribution in [0.2, 0.25) is 0 Å². The van der Waals surface area contributed by atoms with Gasteiger partial charge < -0.3 is 5.32 Å². The molecule has 1 aromatic carbocycles. The minimum atomic E-state index is -4.44. The van der Waals surface area contributed by atoms with Gasteiger partial charge in [0.2, 0.25) is 17.7 Å². The van der Waals surface area contributed by atoms with Crippen molar-refractivity contribution >= 4 is 23.4 Å². The van der Waals surface area contributed by atoms with Gasteiger partial charge in [0.05, 0.1) is 17.4 Å². The first-order chi connectivity index (χ1) is 12.3. The van der Waals surface area contributed by atoms with Gasteiger partial charge >= 0.3 is 6.18 Å². The first-order valence-electron chi connectivity index (χ1n) is 8.24. The van der Waals surface area contributed by atoms with E-state index in [0.29, 0.717) is 12.8 Å². The molecule has 3 amide bonds. The maximum atomic E-state index is 12.5. The molecule has 0 saturated carbocycles. The van der Waals surface area contributed by atoms with Crippen molar-refractivity contribution in [1.29, 1.82) is 0 Å². The van der Waals surface area contributed by atoms with Crippen LogP contribution >= 0.6 is 0 Å². The molecule has 1 fully saturated rings. The monoisotopic (exact) mass is 366 g/mol. The second-order valence-corrected chi connectivity index (χ2v) is 6.36. The van der Waals surface area contributed by atoms with Crippen LogP contribution in [0.4, 0.5) is 18.9 Å². The van der Waals surface area contributed by atoms with E-state index in [9.17, 15) is 27.6 Å². The number of likely N-dealkylation sites (tertiary alicyclic amines) is 1. The van der Waals surface area contributed by atoms with Crippen molar-refractivity contribution in [1.82, 2.24) is 4.90 Å². The van der Waals surface area contributed by atoms with E-state index in [1.54, 1.807) is 0 Å². The minimum absolute atomic E-state index is 0.0306. The van der Waals surface area contributed by atoms with E-state index in [1.807, 2.05) is 12.2 Å². The van der Waals surface area contributed by atoms with Crippen LogP contribution in [-0.2, 0) is 20.6 Å². The van der Waals surface area contributed by atoms with Crippen molar-refractivity contribution in [3.8, 4) is 0 Å². The second-order valence-electron chi connectivity index (χ2n) is 6.36. The van der Waals surface area contributed by atoms with Crippen LogP contribution < -0.4 is 5.32 Å². The number of amides is 3. The van der Waals surface area contributed by atoms with E-state index in [-0.39, 0.29) is 42.3 Å². The number of alkyl halides is 3. The summed E-state index contributed by atoms with van der Waals surface area (Å²) in [6.07, 6.45) is 0.281. The Hall–Kier alpha value is -2.64. The molecule has 0 bridgehead atoms. The van der Waals surface area contributed by atoms with Crippen LogP contribution in [0.1, 0.15) is 24.8 Å². The van der Waals surface area contributed by atoms with Crippen LogP contribution in [0.3, 0.4) is 0 Å². The van der Waals surface area contributed by atoms with E-state index < -0.39 is 17.6 Å². The SMILES string of the molecule is O=C(CCN1C(=O)C2CC=CCC2C1=O)Nc1ccc(C(F)(F)F)cc1. The fourth-order valence-electron chi connectivity index (χ4n) is 3.27. The standard InChI is InChI=1S/C18H17F3N2O3/c19-18(20,21)11-5-7-12(8-6-11)22-15(24)9-10-23-16(25)13-3-1-2-4-14(13)17(23)26/h1-2,5-8,13-14H,3-4,9-10H2,(H,22,24). The molecule has 2 aliphatic rings. The molecular formula is C18H17F3N2O3. The summed E-state index contributed by atoms with van der Waals surface area (Å²) in [5.41, 5.74) is -0.583. The Morgan fingerprint density at radius 3 is 2.08 bits per heavy atom. The predicted octanol–water partition coefficient (Wildman–Crippen LogP) is 2.99. The molecule has 0 spiro atoms. The predicted molar refractivity (Wildman–Crippen MR) is 86.8 cm³/mol. The van der Waals surface area contributed by atoms with Crippen LogP contribution in [0.15, 0.2) is 36.4 Å². The highest BCUT2D eigenvalue weighted by molar-refractivity contribution is 6.05. The zero-order valence-corrected chi connectivity index (χ0v) is 13.8. The number of hydrogen-bond acceptors (Lipinski definition) is 3. The molecule has 8 heteroatoms. The number of allylic oxidation sites excluding steroid dienone is 2. The van der Waals surface area contributed by atoms with Gasteiger partial charge in [-0.2, -0.15) is 13.2 Å². The summed E-state index contributed by atoms with van der Waals surface area (Å²) >= 11 is 0. The maximum absolute atomic E-state index is 12.5. The van der Waals surface area contributed by atoms with Crippen LogP contribution in [0, 0.1) is 11.8 Å². The third kappa shape index (κ3) is 3.63. The van der Waals surface area contributed by atoms with Crippen LogP contribution in [-0.4, -0.2) is 29.2 Å². The van der Waals surface area contributed by atoms with Gasteiger partial charge in [0, 0.05) is 18.7 Å². The minimum Gasteiger partial charge on any atom is -0.326 e. The second kappa shape index (κ2) is 6.93. The van der Waals surface area contributed by atoms with Crippen molar-refractivity contribution in [2.45, 2.75) is 25.4 Å². The summed E-state index contributed by atoms with van der Waals surface area (Å²) in [4.78, 5) is 37.7. The summed E-state index contributed by atoms with van der Waals surface area (Å²) in [6, 6.07) is 4.07. The summed E-state index contributed by atoms with van der Waals surface area (Å²) in [5.74, 6) is -1.67. The number of nitrogens with zero attached hydrogens (tertiary/aromatic N) is 1. The summed E-state index contributed by atoms with van der Waals surface area (Å²) in [7, 11) is 0. The van der Waals surface area contributed by atoms with Crippen molar-refractivity contribution in [2.75, 3.05) is 11.9 Å². The highest BCUT2D eigenvalue weighted by atomic mass is 19.4. The zero-order chi connectivity index (χ0) is 18.9. The smallest absolute Gasteiger partial charge is 0.326 e. The number of carbonyl (C=O) groups is 3. The topological polar surface area (TPSA) is 66.5 Å². The van der Waals surface area contributed by atoms with Gasteiger partial charge in [-0.1, -0.05) is 12.2 Å². The quantitative estimate of drug-likeness (QED) is 0.658. The normalized spacial score (nSPS) is 22.5.